The van der Waals surface area contributed by atoms with Gasteiger partial charge in [-0.1, -0.05) is 36.4 Å². The van der Waals surface area contributed by atoms with Crippen molar-refractivity contribution in [2.24, 2.45) is 0 Å². The molecule has 0 bridgehead atoms. The topological polar surface area (TPSA) is 40.1 Å². The average Bonchev–Trinajstić information content (AvgIpc) is 2.08. The van der Waals surface area contributed by atoms with Crippen LogP contribution in [0.2, 0.25) is 0 Å². The van der Waals surface area contributed by atoms with Crippen molar-refractivity contribution in [3.05, 3.63) is 48.6 Å². The van der Waals surface area contributed by atoms with Crippen molar-refractivity contribution < 1.29 is 39.0 Å². The van der Waals surface area contributed by atoms with Crippen LogP contribution in [0.1, 0.15) is 5.56 Å². The molecule has 0 aliphatic heterocycles. The second kappa shape index (κ2) is 12.0. The molecule has 0 aliphatic carbocycles. The third-order valence-corrected chi connectivity index (χ3v) is 1.22. The van der Waals surface area contributed by atoms with Gasteiger partial charge in [0, 0.05) is 0 Å². The predicted molar refractivity (Wildman–Crippen MR) is 47.9 cm³/mol. The second-order valence-electron chi connectivity index (χ2n) is 2.05. The zero-order valence-electron chi connectivity index (χ0n) is 7.64. The minimum atomic E-state index is -1.08. The zero-order chi connectivity index (χ0) is 9.23. The Bertz CT molecular complexity index is 226. The molecule has 0 amide bonds. The molecule has 1 rings (SSSR count). The molecule has 0 aromatic heterocycles. The molecule has 0 N–H and O–H groups in total. The molecule has 0 fully saturated rings. The van der Waals surface area contributed by atoms with E-state index in [-0.39, 0.29) is 29.6 Å². The van der Waals surface area contributed by atoms with Crippen LogP contribution in [0, 0.1) is 0 Å². The van der Waals surface area contributed by atoms with Crippen LogP contribution in [0.25, 0.3) is 0 Å². The van der Waals surface area contributed by atoms with Gasteiger partial charge in [0.25, 0.3) is 0 Å². The van der Waals surface area contributed by atoms with Crippen LogP contribution in [0.4, 0.5) is 0 Å². The van der Waals surface area contributed by atoms with Crippen LogP contribution < -0.4 is 34.5 Å². The number of hydrogen-bond acceptors (Lipinski definition) is 2. The predicted octanol–water partition coefficient (Wildman–Crippen LogP) is -1.03. The Kier molecular flexibility index (Phi) is 14.3. The van der Waals surface area contributed by atoms with E-state index in [1.54, 1.807) is 0 Å². The molecule has 13 heavy (non-hydrogen) atoms. The number of hydrogen-bond donors (Lipinski definition) is 0. The van der Waals surface area contributed by atoms with Crippen molar-refractivity contribution >= 4 is 8.69 Å². The molecule has 1 aromatic carbocycles. The second-order valence-corrected chi connectivity index (χ2v) is 2.20. The fourth-order valence-corrected chi connectivity index (χ4v) is 0.781. The fraction of sp³-hybridized carbons (Fsp3) is 0.111. The standard InChI is InChI=1S/C9H10.Na.HO2P/c1-2-6-9-7-4-3-5-8-9;;1-3-2/h2-5,7-8H,1,6H2;;(H,1,2)/q;+1;/p-1. The minimum Gasteiger partial charge on any atom is -0.772 e. The molecule has 1 aromatic rings. The number of benzene rings is 1. The summed E-state index contributed by atoms with van der Waals surface area (Å²) in [5.41, 5.74) is 1.33. The summed E-state index contributed by atoms with van der Waals surface area (Å²) in [6.07, 6.45) is 2.89. The van der Waals surface area contributed by atoms with E-state index in [1.807, 2.05) is 24.3 Å². The van der Waals surface area contributed by atoms with Gasteiger partial charge in [-0.2, -0.15) is 0 Å². The van der Waals surface area contributed by atoms with Gasteiger partial charge in [0.05, 0.1) is 8.69 Å². The Morgan fingerprint density at radius 2 is 1.85 bits per heavy atom. The van der Waals surface area contributed by atoms with E-state index in [0.717, 1.165) is 6.42 Å². The zero-order valence-corrected chi connectivity index (χ0v) is 10.5. The smallest absolute Gasteiger partial charge is 0.772 e. The van der Waals surface area contributed by atoms with Gasteiger partial charge < -0.3 is 4.89 Å². The van der Waals surface area contributed by atoms with Gasteiger partial charge in [0.15, 0.2) is 0 Å². The molecule has 0 unspecified atom stereocenters. The summed E-state index contributed by atoms with van der Waals surface area (Å²) in [6.45, 7) is 3.66. The molecule has 0 saturated heterocycles. The summed E-state index contributed by atoms with van der Waals surface area (Å²) in [4.78, 5) is 8.35. The molecule has 64 valence electrons. The first kappa shape index (κ1) is 15.5. The number of allylic oxidation sites excluding steroid dienone is 1. The molecule has 0 spiro atoms. The molecule has 0 atom stereocenters. The van der Waals surface area contributed by atoms with Crippen LogP contribution in [-0.4, -0.2) is 0 Å². The normalized spacial score (nSPS) is 7.77. The molecule has 0 saturated carbocycles. The van der Waals surface area contributed by atoms with Crippen molar-refractivity contribution in [2.75, 3.05) is 0 Å². The summed E-state index contributed by atoms with van der Waals surface area (Å²) in [5.74, 6) is 0. The first-order valence-electron chi connectivity index (χ1n) is 3.45. The number of rotatable bonds is 2. The molecule has 0 radical (unpaired) electrons. The van der Waals surface area contributed by atoms with Crippen LogP contribution >= 0.6 is 8.69 Å². The first-order valence-corrected chi connectivity index (χ1v) is 4.18. The molecule has 4 heteroatoms. The van der Waals surface area contributed by atoms with Gasteiger partial charge >= 0.3 is 29.6 Å². The summed E-state index contributed by atoms with van der Waals surface area (Å²) >= 11 is 0. The van der Waals surface area contributed by atoms with Gasteiger partial charge in [-0.25, -0.2) is 0 Å². The van der Waals surface area contributed by atoms with Crippen LogP contribution in [-0.2, 0) is 11.0 Å². The summed E-state index contributed by atoms with van der Waals surface area (Å²) < 4.78 is 8.35. The van der Waals surface area contributed by atoms with Crippen LogP contribution in [0.5, 0.6) is 0 Å². The summed E-state index contributed by atoms with van der Waals surface area (Å²) in [5, 5.41) is 0. The van der Waals surface area contributed by atoms with Gasteiger partial charge in [-0.05, 0) is 12.0 Å². The SMILES string of the molecule is C=CCc1ccccc1.O=P[O-].[Na+]. The Morgan fingerprint density at radius 3 is 2.23 bits per heavy atom. The monoisotopic (exact) mass is 204 g/mol. The quantitative estimate of drug-likeness (QED) is 0.351. The van der Waals surface area contributed by atoms with Crippen molar-refractivity contribution in [3.8, 4) is 0 Å². The average molecular weight is 204 g/mol. The first-order chi connectivity index (χ1) is 5.85. The minimum absolute atomic E-state index is 0. The van der Waals surface area contributed by atoms with Gasteiger partial charge in [-0.3, -0.25) is 4.57 Å². The summed E-state index contributed by atoms with van der Waals surface area (Å²) in [7, 11) is -1.08. The van der Waals surface area contributed by atoms with E-state index in [9.17, 15) is 0 Å². The fourth-order valence-electron chi connectivity index (χ4n) is 0.781. The van der Waals surface area contributed by atoms with E-state index in [4.69, 9.17) is 9.46 Å². The molecule has 0 aliphatic rings. The van der Waals surface area contributed by atoms with Crippen molar-refractivity contribution in [3.63, 3.8) is 0 Å². The van der Waals surface area contributed by atoms with Gasteiger partial charge in [0.1, 0.15) is 0 Å². The van der Waals surface area contributed by atoms with E-state index < -0.39 is 8.69 Å². The van der Waals surface area contributed by atoms with Crippen LogP contribution in [0.15, 0.2) is 43.0 Å². The summed E-state index contributed by atoms with van der Waals surface area (Å²) in [6, 6.07) is 10.3. The third-order valence-electron chi connectivity index (χ3n) is 1.22. The maximum absolute atomic E-state index is 8.35. The van der Waals surface area contributed by atoms with Crippen molar-refractivity contribution in [1.82, 2.24) is 0 Å². The van der Waals surface area contributed by atoms with Gasteiger partial charge in [-0.15, -0.1) is 6.58 Å². The third kappa shape index (κ3) is 9.94. The van der Waals surface area contributed by atoms with E-state index >= 15 is 0 Å². The molecular weight excluding hydrogens is 194 g/mol. The molecule has 2 nitrogen and oxygen atoms in total. The Hall–Kier alpha value is 0.0200. The molecule has 0 heterocycles. The maximum atomic E-state index is 8.35. The Morgan fingerprint density at radius 1 is 1.38 bits per heavy atom. The van der Waals surface area contributed by atoms with Gasteiger partial charge in [0.2, 0.25) is 0 Å². The van der Waals surface area contributed by atoms with Crippen LogP contribution in [0.3, 0.4) is 0 Å². The maximum Gasteiger partial charge on any atom is 1.00 e. The van der Waals surface area contributed by atoms with E-state index in [0.29, 0.717) is 0 Å². The van der Waals surface area contributed by atoms with E-state index in [1.165, 1.54) is 5.56 Å². The van der Waals surface area contributed by atoms with Crippen molar-refractivity contribution in [2.45, 2.75) is 6.42 Å². The Balaban J connectivity index is 0. The largest absolute Gasteiger partial charge is 1.00 e. The van der Waals surface area contributed by atoms with E-state index in [2.05, 4.69) is 18.7 Å². The van der Waals surface area contributed by atoms with Crippen molar-refractivity contribution in [1.29, 1.82) is 0 Å². The molecular formula is C9H10NaO2P. The Labute approximate surface area is 102 Å².